The van der Waals surface area contributed by atoms with Crippen LogP contribution in [0.25, 0.3) is 0 Å². The summed E-state index contributed by atoms with van der Waals surface area (Å²) >= 11 is 3.22. The molecule has 0 radical (unpaired) electrons. The Kier molecular flexibility index (Phi) is 7.58. The van der Waals surface area contributed by atoms with Crippen LogP contribution in [-0.2, 0) is 14.3 Å². The lowest BCUT2D eigenvalue weighted by atomic mass is 10.2. The Balaban J connectivity index is 2.89. The van der Waals surface area contributed by atoms with Crippen molar-refractivity contribution in [3.63, 3.8) is 0 Å². The van der Waals surface area contributed by atoms with E-state index in [1.165, 1.54) is 18.2 Å². The number of halogens is 2. The van der Waals surface area contributed by atoms with Crippen LogP contribution < -0.4 is 10.6 Å². The van der Waals surface area contributed by atoms with E-state index in [1.54, 1.807) is 20.8 Å². The molecule has 0 aliphatic rings. The molecule has 6 nitrogen and oxygen atoms in total. The number of alkyl carbamates (subject to hydrolysis) is 1. The smallest absolute Gasteiger partial charge is 0.408 e. The van der Waals surface area contributed by atoms with Crippen molar-refractivity contribution in [2.45, 2.75) is 58.8 Å². The van der Waals surface area contributed by atoms with E-state index in [0.717, 1.165) is 0 Å². The van der Waals surface area contributed by atoms with E-state index in [4.69, 9.17) is 9.47 Å². The van der Waals surface area contributed by atoms with Gasteiger partial charge in [-0.15, -0.1) is 0 Å². The highest BCUT2D eigenvalue weighted by atomic mass is 79.9. The van der Waals surface area contributed by atoms with E-state index in [0.29, 0.717) is 4.47 Å². The molecule has 0 spiro atoms. The molecule has 0 aliphatic heterocycles. The van der Waals surface area contributed by atoms with Gasteiger partial charge in [-0.05, 0) is 59.7 Å². The summed E-state index contributed by atoms with van der Waals surface area (Å²) in [6.45, 7) is 10.5. The molecular weight excluding hydrogens is 407 g/mol. The van der Waals surface area contributed by atoms with Crippen LogP contribution in [0.5, 0.6) is 0 Å². The fraction of sp³-hybridized carbons (Fsp3) is 0.556. The van der Waals surface area contributed by atoms with Gasteiger partial charge in [-0.2, -0.15) is 0 Å². The molecule has 1 aromatic rings. The van der Waals surface area contributed by atoms with Gasteiger partial charge in [-0.1, -0.05) is 15.9 Å². The van der Waals surface area contributed by atoms with E-state index < -0.39 is 35.1 Å². The zero-order chi connectivity index (χ0) is 20.1. The predicted octanol–water partition coefficient (Wildman–Crippen LogP) is 4.24. The van der Waals surface area contributed by atoms with Gasteiger partial charge in [0.2, 0.25) is 5.91 Å². The number of nitrogens with one attached hydrogen (secondary N) is 2. The van der Waals surface area contributed by atoms with Crippen molar-refractivity contribution in [2.24, 2.45) is 0 Å². The number of hydrogen-bond acceptors (Lipinski definition) is 4. The topological polar surface area (TPSA) is 76.7 Å². The minimum atomic E-state index is -1.05. The predicted molar refractivity (Wildman–Crippen MR) is 102 cm³/mol. The Hall–Kier alpha value is -1.67. The molecule has 0 fully saturated rings. The van der Waals surface area contributed by atoms with Crippen molar-refractivity contribution in [3.8, 4) is 0 Å². The van der Waals surface area contributed by atoms with Crippen molar-refractivity contribution in [2.75, 3.05) is 11.9 Å². The third-order valence-electron chi connectivity index (χ3n) is 2.88. The van der Waals surface area contributed by atoms with Crippen molar-refractivity contribution in [1.82, 2.24) is 5.32 Å². The molecular formula is C18H26BrFN2O4. The third-order valence-corrected chi connectivity index (χ3v) is 3.37. The highest BCUT2D eigenvalue weighted by molar-refractivity contribution is 9.10. The maximum absolute atomic E-state index is 13.9. The average molecular weight is 433 g/mol. The lowest BCUT2D eigenvalue weighted by molar-refractivity contribution is -0.121. The van der Waals surface area contributed by atoms with E-state index in [1.807, 2.05) is 20.8 Å². The van der Waals surface area contributed by atoms with Crippen LogP contribution in [-0.4, -0.2) is 35.9 Å². The van der Waals surface area contributed by atoms with Gasteiger partial charge in [0.05, 0.1) is 17.9 Å². The minimum Gasteiger partial charge on any atom is -0.444 e. The first-order valence-corrected chi connectivity index (χ1v) is 8.95. The molecule has 8 heteroatoms. The number of rotatable bonds is 5. The van der Waals surface area contributed by atoms with Gasteiger partial charge < -0.3 is 20.1 Å². The van der Waals surface area contributed by atoms with E-state index >= 15 is 0 Å². The first-order chi connectivity index (χ1) is 11.8. The van der Waals surface area contributed by atoms with Crippen molar-refractivity contribution >= 4 is 33.6 Å². The maximum Gasteiger partial charge on any atom is 0.408 e. The zero-order valence-electron chi connectivity index (χ0n) is 15.9. The molecule has 1 aromatic carbocycles. The van der Waals surface area contributed by atoms with Crippen molar-refractivity contribution < 1.29 is 23.5 Å². The molecule has 0 bridgehead atoms. The largest absolute Gasteiger partial charge is 0.444 e. The molecule has 0 aliphatic carbocycles. The Bertz CT molecular complexity index is 654. The summed E-state index contributed by atoms with van der Waals surface area (Å²) in [7, 11) is 0. The second-order valence-electron chi connectivity index (χ2n) is 7.74. The Morgan fingerprint density at radius 2 is 1.77 bits per heavy atom. The molecule has 0 saturated heterocycles. The van der Waals surface area contributed by atoms with Crippen LogP contribution in [0.2, 0.25) is 0 Å². The average Bonchev–Trinajstić information content (AvgIpc) is 2.44. The van der Waals surface area contributed by atoms with Crippen LogP contribution in [0, 0.1) is 5.82 Å². The standard InChI is InChI=1S/C18H26BrFN2O4/c1-17(2,3)25-10-14(22-16(24)26-18(4,5)6)15(23)21-13-9-11(19)7-8-12(13)20/h7-9,14H,10H2,1-6H3,(H,21,23)(H,22,24). The summed E-state index contributed by atoms with van der Waals surface area (Å²) in [5.41, 5.74) is -1.24. The SMILES string of the molecule is CC(C)(C)OCC(NC(=O)OC(C)(C)C)C(=O)Nc1cc(Br)ccc1F. The van der Waals surface area contributed by atoms with Gasteiger partial charge in [0, 0.05) is 4.47 Å². The van der Waals surface area contributed by atoms with Crippen LogP contribution in [0.3, 0.4) is 0 Å². The van der Waals surface area contributed by atoms with Gasteiger partial charge in [-0.25, -0.2) is 9.18 Å². The molecule has 26 heavy (non-hydrogen) atoms. The van der Waals surface area contributed by atoms with E-state index in [2.05, 4.69) is 26.6 Å². The number of benzene rings is 1. The lowest BCUT2D eigenvalue weighted by Crippen LogP contribution is -2.49. The van der Waals surface area contributed by atoms with Gasteiger partial charge in [0.25, 0.3) is 0 Å². The number of carbonyl (C=O) groups is 2. The van der Waals surface area contributed by atoms with Crippen LogP contribution >= 0.6 is 15.9 Å². The Morgan fingerprint density at radius 1 is 1.15 bits per heavy atom. The van der Waals surface area contributed by atoms with Gasteiger partial charge in [0.1, 0.15) is 17.5 Å². The molecule has 146 valence electrons. The Labute approximate surface area is 161 Å². The summed E-state index contributed by atoms with van der Waals surface area (Å²) in [4.78, 5) is 24.6. The summed E-state index contributed by atoms with van der Waals surface area (Å²) in [5, 5.41) is 4.93. The van der Waals surface area contributed by atoms with E-state index in [9.17, 15) is 14.0 Å². The molecule has 1 atom stereocenters. The van der Waals surface area contributed by atoms with Crippen LogP contribution in [0.15, 0.2) is 22.7 Å². The quantitative estimate of drug-likeness (QED) is 0.729. The number of ether oxygens (including phenoxy) is 2. The van der Waals surface area contributed by atoms with Crippen LogP contribution in [0.1, 0.15) is 41.5 Å². The highest BCUT2D eigenvalue weighted by Crippen LogP contribution is 2.20. The van der Waals surface area contributed by atoms with E-state index in [-0.39, 0.29) is 12.3 Å². The minimum absolute atomic E-state index is 0.00359. The number of carbonyl (C=O) groups excluding carboxylic acids is 2. The fourth-order valence-corrected chi connectivity index (χ4v) is 2.14. The molecule has 0 saturated carbocycles. The second-order valence-corrected chi connectivity index (χ2v) is 8.65. The molecule has 1 unspecified atom stereocenters. The molecule has 2 N–H and O–H groups in total. The summed E-state index contributed by atoms with van der Waals surface area (Å²) < 4.78 is 25.3. The summed E-state index contributed by atoms with van der Waals surface area (Å²) in [6, 6.07) is 3.12. The number of amides is 2. The van der Waals surface area contributed by atoms with Crippen molar-refractivity contribution in [3.05, 3.63) is 28.5 Å². The van der Waals surface area contributed by atoms with Crippen molar-refractivity contribution in [1.29, 1.82) is 0 Å². The van der Waals surface area contributed by atoms with Gasteiger partial charge in [-0.3, -0.25) is 4.79 Å². The summed E-state index contributed by atoms with van der Waals surface area (Å²) in [5.74, 6) is -1.20. The first kappa shape index (κ1) is 22.4. The second kappa shape index (κ2) is 8.81. The lowest BCUT2D eigenvalue weighted by Gasteiger charge is -2.26. The highest BCUT2D eigenvalue weighted by Gasteiger charge is 2.27. The first-order valence-electron chi connectivity index (χ1n) is 8.16. The number of anilines is 1. The molecule has 1 rings (SSSR count). The maximum atomic E-state index is 13.9. The Morgan fingerprint density at radius 3 is 2.31 bits per heavy atom. The monoisotopic (exact) mass is 432 g/mol. The molecule has 2 amide bonds. The molecule has 0 aromatic heterocycles. The van der Waals surface area contributed by atoms with Crippen LogP contribution in [0.4, 0.5) is 14.9 Å². The molecule has 0 heterocycles. The zero-order valence-corrected chi connectivity index (χ0v) is 17.5. The number of hydrogen-bond donors (Lipinski definition) is 2. The summed E-state index contributed by atoms with van der Waals surface area (Å²) in [6.07, 6.45) is -0.759. The normalized spacial score (nSPS) is 13.1. The third kappa shape index (κ3) is 8.62. The van der Waals surface area contributed by atoms with Gasteiger partial charge >= 0.3 is 6.09 Å². The van der Waals surface area contributed by atoms with Gasteiger partial charge in [0.15, 0.2) is 0 Å². The fourth-order valence-electron chi connectivity index (χ4n) is 1.78.